The van der Waals surface area contributed by atoms with E-state index in [9.17, 15) is 19.1 Å². The number of hydrogen-bond donors (Lipinski definition) is 4. The average molecular weight is 545 g/mol. The van der Waals surface area contributed by atoms with Gasteiger partial charge in [-0.3, -0.25) is 14.6 Å². The number of methoxy groups -OCH3 is 1. The summed E-state index contributed by atoms with van der Waals surface area (Å²) in [5.74, 6) is -1.10. The highest BCUT2D eigenvalue weighted by molar-refractivity contribution is 5.81. The van der Waals surface area contributed by atoms with Crippen molar-refractivity contribution >= 4 is 11.8 Å². The number of aliphatic hydroxyl groups excluding tert-OH is 1. The van der Waals surface area contributed by atoms with Gasteiger partial charge in [-0.1, -0.05) is 13.0 Å². The van der Waals surface area contributed by atoms with E-state index >= 15 is 0 Å². The van der Waals surface area contributed by atoms with Crippen LogP contribution in [0.4, 0.5) is 4.39 Å². The largest absolute Gasteiger partial charge is 0.493 e. The molecule has 2 bridgehead atoms. The van der Waals surface area contributed by atoms with Crippen LogP contribution in [0.25, 0.3) is 0 Å². The van der Waals surface area contributed by atoms with Crippen LogP contribution in [0.3, 0.4) is 0 Å². The number of nitrogens with one attached hydrogen (secondary N) is 3. The summed E-state index contributed by atoms with van der Waals surface area (Å²) >= 11 is 0. The first-order valence-corrected chi connectivity index (χ1v) is 13.7. The number of aliphatic hydroxyl groups is 1. The van der Waals surface area contributed by atoms with Crippen LogP contribution >= 0.6 is 0 Å². The summed E-state index contributed by atoms with van der Waals surface area (Å²) in [5, 5.41) is 20.2. The summed E-state index contributed by atoms with van der Waals surface area (Å²) in [4.78, 5) is 29.8. The van der Waals surface area contributed by atoms with E-state index in [1.165, 1.54) is 19.2 Å². The van der Waals surface area contributed by atoms with Gasteiger partial charge in [0.05, 0.1) is 31.3 Å². The Balaban J connectivity index is 1.77. The Hall–Kier alpha value is -3.08. The Morgan fingerprint density at radius 1 is 1.21 bits per heavy atom. The lowest BCUT2D eigenvalue weighted by atomic mass is 9.97. The van der Waals surface area contributed by atoms with Crippen molar-refractivity contribution < 1.29 is 28.6 Å². The number of hydrogen-bond acceptors (Lipinski definition) is 7. The maximum Gasteiger partial charge on any atom is 0.225 e. The van der Waals surface area contributed by atoms with Gasteiger partial charge in [-0.25, -0.2) is 4.39 Å². The SMILES string of the molecule is CCc1cncc(CNC[C@@H](O)[C@@H]2Cc3cc(F)cc(c3)OCCCCNC(=O)CCC(COC)C(=O)N2)c1. The van der Waals surface area contributed by atoms with E-state index in [0.717, 1.165) is 24.0 Å². The molecule has 2 aromatic rings. The van der Waals surface area contributed by atoms with E-state index in [1.807, 2.05) is 6.20 Å². The van der Waals surface area contributed by atoms with Crippen molar-refractivity contribution in [3.63, 3.8) is 0 Å². The van der Waals surface area contributed by atoms with Crippen molar-refractivity contribution in [2.45, 2.75) is 64.1 Å². The molecule has 39 heavy (non-hydrogen) atoms. The molecule has 214 valence electrons. The van der Waals surface area contributed by atoms with Crippen molar-refractivity contribution in [1.29, 1.82) is 0 Å². The Kier molecular flexibility index (Phi) is 12.6. The van der Waals surface area contributed by atoms with Crippen LogP contribution in [0.5, 0.6) is 5.75 Å². The summed E-state index contributed by atoms with van der Waals surface area (Å²) in [7, 11) is 1.50. The van der Waals surface area contributed by atoms with Gasteiger partial charge in [-0.2, -0.15) is 0 Å². The van der Waals surface area contributed by atoms with Gasteiger partial charge in [0.25, 0.3) is 0 Å². The molecular weight excluding hydrogens is 503 g/mol. The van der Waals surface area contributed by atoms with Crippen molar-refractivity contribution in [2.24, 2.45) is 5.92 Å². The minimum atomic E-state index is -0.975. The van der Waals surface area contributed by atoms with Crippen LogP contribution < -0.4 is 20.7 Å². The number of rotatable bonds is 8. The van der Waals surface area contributed by atoms with Crippen molar-refractivity contribution in [2.75, 3.05) is 33.4 Å². The van der Waals surface area contributed by atoms with Gasteiger partial charge in [-0.15, -0.1) is 0 Å². The van der Waals surface area contributed by atoms with Gasteiger partial charge in [0.1, 0.15) is 11.6 Å². The number of aryl methyl sites for hydroxylation is 1. The first-order chi connectivity index (χ1) is 18.9. The first kappa shape index (κ1) is 30.5. The Morgan fingerprint density at radius 2 is 2.03 bits per heavy atom. The molecule has 0 saturated carbocycles. The van der Waals surface area contributed by atoms with Gasteiger partial charge in [-0.05, 0) is 60.9 Å². The summed E-state index contributed by atoms with van der Waals surface area (Å²) in [5.41, 5.74) is 2.71. The van der Waals surface area contributed by atoms with Crippen LogP contribution in [0.2, 0.25) is 0 Å². The van der Waals surface area contributed by atoms with E-state index in [-0.39, 0.29) is 37.8 Å². The lowest BCUT2D eigenvalue weighted by Crippen LogP contribution is -2.50. The maximum absolute atomic E-state index is 14.4. The third-order valence-corrected chi connectivity index (χ3v) is 6.74. The average Bonchev–Trinajstić information content (AvgIpc) is 2.91. The molecule has 10 heteroatoms. The van der Waals surface area contributed by atoms with Gasteiger partial charge in [0, 0.05) is 51.6 Å². The van der Waals surface area contributed by atoms with E-state index < -0.39 is 23.9 Å². The molecule has 2 heterocycles. The van der Waals surface area contributed by atoms with E-state index in [0.29, 0.717) is 43.9 Å². The van der Waals surface area contributed by atoms with Crippen LogP contribution in [-0.2, 0) is 33.7 Å². The smallest absolute Gasteiger partial charge is 0.225 e. The highest BCUT2D eigenvalue weighted by Crippen LogP contribution is 2.20. The van der Waals surface area contributed by atoms with Crippen molar-refractivity contribution in [1.82, 2.24) is 20.9 Å². The number of halogens is 1. The molecule has 0 saturated heterocycles. The summed E-state index contributed by atoms with van der Waals surface area (Å²) in [6, 6.07) is 5.78. The van der Waals surface area contributed by atoms with E-state index in [1.54, 1.807) is 12.3 Å². The zero-order valence-electron chi connectivity index (χ0n) is 22.9. The number of ether oxygens (including phenoxy) is 2. The molecule has 1 unspecified atom stereocenters. The molecule has 1 aliphatic rings. The predicted molar refractivity (Wildman–Crippen MR) is 146 cm³/mol. The van der Waals surface area contributed by atoms with Crippen LogP contribution in [-0.4, -0.2) is 67.5 Å². The topological polar surface area (TPSA) is 122 Å². The zero-order chi connectivity index (χ0) is 28.0. The second-order valence-electron chi connectivity index (χ2n) is 9.96. The van der Waals surface area contributed by atoms with Crippen LogP contribution in [0.15, 0.2) is 36.7 Å². The molecule has 1 aromatic carbocycles. The first-order valence-electron chi connectivity index (χ1n) is 13.7. The molecule has 1 aliphatic heterocycles. The second kappa shape index (κ2) is 16.1. The highest BCUT2D eigenvalue weighted by Gasteiger charge is 2.27. The normalized spacial score (nSPS) is 20.3. The van der Waals surface area contributed by atoms with E-state index in [2.05, 4.69) is 33.9 Å². The molecule has 2 amide bonds. The highest BCUT2D eigenvalue weighted by atomic mass is 19.1. The number of carbonyl (C=O) groups is 2. The fraction of sp³-hybridized carbons (Fsp3) is 0.552. The quantitative estimate of drug-likeness (QED) is 0.402. The third-order valence-electron chi connectivity index (χ3n) is 6.74. The fourth-order valence-electron chi connectivity index (χ4n) is 4.53. The standard InChI is InChI=1S/C29H41FN4O5/c1-3-20-10-22(16-31-15-20)17-32-18-27(35)26-13-21-11-24(30)14-25(12-21)39-9-5-4-8-33-28(36)7-6-23(19-38-2)29(37)34-26/h10-12,14-16,23,26-27,32,35H,3-9,13,17-19H2,1-2H3,(H,33,36)(H,34,37)/t23?,26-,27+/m0/s1. The van der Waals surface area contributed by atoms with Crippen molar-refractivity contribution in [3.8, 4) is 5.75 Å². The number of nitrogens with zero attached hydrogens (tertiary/aromatic N) is 1. The molecule has 0 fully saturated rings. The zero-order valence-corrected chi connectivity index (χ0v) is 22.9. The number of amides is 2. The monoisotopic (exact) mass is 544 g/mol. The molecule has 4 N–H and O–H groups in total. The van der Waals surface area contributed by atoms with Gasteiger partial charge < -0.3 is 30.5 Å². The molecule has 0 radical (unpaired) electrons. The minimum Gasteiger partial charge on any atom is -0.493 e. The number of carbonyl (C=O) groups excluding carboxylic acids is 2. The number of pyridine rings is 1. The second-order valence-corrected chi connectivity index (χ2v) is 9.96. The minimum absolute atomic E-state index is 0.134. The number of benzene rings is 1. The molecule has 9 nitrogen and oxygen atoms in total. The Bertz CT molecular complexity index is 1070. The number of fused-ring (bicyclic) bond motifs is 2. The molecule has 1 aromatic heterocycles. The lowest BCUT2D eigenvalue weighted by Gasteiger charge is -2.27. The van der Waals surface area contributed by atoms with Crippen LogP contribution in [0, 0.1) is 11.7 Å². The number of aromatic nitrogens is 1. The maximum atomic E-state index is 14.4. The molecule has 3 atom stereocenters. The van der Waals surface area contributed by atoms with Gasteiger partial charge in [0.15, 0.2) is 0 Å². The van der Waals surface area contributed by atoms with Gasteiger partial charge in [0.2, 0.25) is 11.8 Å². The molecule has 0 aliphatic carbocycles. The Labute approximate surface area is 229 Å². The third kappa shape index (κ3) is 10.5. The molecule has 0 spiro atoms. The van der Waals surface area contributed by atoms with E-state index in [4.69, 9.17) is 9.47 Å². The molecule has 3 rings (SSSR count). The summed E-state index contributed by atoms with van der Waals surface area (Å²) in [6.07, 6.45) is 5.59. The Morgan fingerprint density at radius 3 is 2.82 bits per heavy atom. The van der Waals surface area contributed by atoms with Gasteiger partial charge >= 0.3 is 0 Å². The van der Waals surface area contributed by atoms with Crippen molar-refractivity contribution in [3.05, 3.63) is 59.2 Å². The summed E-state index contributed by atoms with van der Waals surface area (Å²) in [6.45, 7) is 3.77. The van der Waals surface area contributed by atoms with Crippen LogP contribution in [0.1, 0.15) is 49.3 Å². The fourth-order valence-corrected chi connectivity index (χ4v) is 4.53. The summed E-state index contributed by atoms with van der Waals surface area (Å²) < 4.78 is 25.4. The predicted octanol–water partition coefficient (Wildman–Crippen LogP) is 2.29. The lowest BCUT2D eigenvalue weighted by molar-refractivity contribution is -0.129. The molecular formula is C29H41FN4O5.